The van der Waals surface area contributed by atoms with Crippen LogP contribution in [0.3, 0.4) is 0 Å². The second-order valence-corrected chi connectivity index (χ2v) is 5.52. The Bertz CT molecular complexity index is 607. The van der Waals surface area contributed by atoms with Gasteiger partial charge in [-0.05, 0) is 6.07 Å². The zero-order valence-corrected chi connectivity index (χ0v) is 11.8. The van der Waals surface area contributed by atoms with Gasteiger partial charge in [-0.15, -0.1) is 0 Å². The highest BCUT2D eigenvalue weighted by molar-refractivity contribution is 5.72. The van der Waals surface area contributed by atoms with E-state index in [2.05, 4.69) is 4.98 Å². The van der Waals surface area contributed by atoms with E-state index in [1.54, 1.807) is 11.9 Å². The van der Waals surface area contributed by atoms with Crippen molar-refractivity contribution in [2.45, 2.75) is 12.2 Å². The molecule has 0 spiro atoms. The van der Waals surface area contributed by atoms with Crippen LogP contribution in [0.15, 0.2) is 12.3 Å². The molecule has 22 heavy (non-hydrogen) atoms. The number of halogens is 3. The van der Waals surface area contributed by atoms with Crippen molar-refractivity contribution in [3.63, 3.8) is 0 Å². The summed E-state index contributed by atoms with van der Waals surface area (Å²) in [4.78, 5) is 20.0. The van der Waals surface area contributed by atoms with Gasteiger partial charge in [0.1, 0.15) is 0 Å². The molecule has 2 aliphatic heterocycles. The first-order chi connectivity index (χ1) is 10.3. The molecule has 120 valence electrons. The number of carboxylic acid groups (broad SMARTS) is 1. The minimum Gasteiger partial charge on any atom is -0.465 e. The molecule has 2 aliphatic rings. The number of hydrogen-bond donors (Lipinski definition) is 1. The molecule has 0 radical (unpaired) electrons. The molecule has 1 atom stereocenters. The van der Waals surface area contributed by atoms with E-state index in [1.807, 2.05) is 4.90 Å². The third-order valence-electron chi connectivity index (χ3n) is 4.10. The predicted molar refractivity (Wildman–Crippen MR) is 73.2 cm³/mol. The van der Waals surface area contributed by atoms with E-state index >= 15 is 0 Å². The molecular formula is C13H15F3N4O2. The van der Waals surface area contributed by atoms with Gasteiger partial charge in [-0.3, -0.25) is 0 Å². The van der Waals surface area contributed by atoms with Crippen LogP contribution in [0.4, 0.5) is 29.5 Å². The molecule has 1 fully saturated rings. The molecule has 0 unspecified atom stereocenters. The number of aromatic nitrogens is 1. The SMILES string of the molecule is CN1C[C@@H]2CN(C(=O)O)CCN2c2ncc(C(F)(F)F)cc21. The zero-order valence-electron chi connectivity index (χ0n) is 11.8. The number of carbonyl (C=O) groups is 1. The molecule has 6 nitrogen and oxygen atoms in total. The van der Waals surface area contributed by atoms with Crippen LogP contribution >= 0.6 is 0 Å². The van der Waals surface area contributed by atoms with Crippen LogP contribution in [0.5, 0.6) is 0 Å². The maximum absolute atomic E-state index is 12.8. The zero-order chi connectivity index (χ0) is 16.1. The highest BCUT2D eigenvalue weighted by Gasteiger charge is 2.38. The summed E-state index contributed by atoms with van der Waals surface area (Å²) in [5, 5.41) is 9.07. The fraction of sp³-hybridized carbons (Fsp3) is 0.538. The van der Waals surface area contributed by atoms with Crippen LogP contribution in [0.2, 0.25) is 0 Å². The van der Waals surface area contributed by atoms with Gasteiger partial charge in [0.05, 0.1) is 17.3 Å². The number of anilines is 2. The fourth-order valence-electron chi connectivity index (χ4n) is 2.98. The molecule has 1 aromatic heterocycles. The van der Waals surface area contributed by atoms with Crippen molar-refractivity contribution >= 4 is 17.6 Å². The number of hydrogen-bond acceptors (Lipinski definition) is 4. The summed E-state index contributed by atoms with van der Waals surface area (Å²) >= 11 is 0. The van der Waals surface area contributed by atoms with E-state index in [4.69, 9.17) is 5.11 Å². The Kier molecular flexibility index (Phi) is 3.30. The van der Waals surface area contributed by atoms with Crippen molar-refractivity contribution in [1.29, 1.82) is 0 Å². The molecule has 0 aliphatic carbocycles. The van der Waals surface area contributed by atoms with Crippen LogP contribution in [0.25, 0.3) is 0 Å². The lowest BCUT2D eigenvalue weighted by Crippen LogP contribution is -2.60. The highest BCUT2D eigenvalue weighted by Crippen LogP contribution is 2.38. The summed E-state index contributed by atoms with van der Waals surface area (Å²) in [5.41, 5.74) is -0.351. The van der Waals surface area contributed by atoms with Gasteiger partial charge in [0.2, 0.25) is 0 Å². The lowest BCUT2D eigenvalue weighted by atomic mass is 10.1. The molecule has 0 aromatic carbocycles. The van der Waals surface area contributed by atoms with Crippen molar-refractivity contribution in [2.24, 2.45) is 0 Å². The molecule has 3 heterocycles. The van der Waals surface area contributed by atoms with Crippen LogP contribution in [0.1, 0.15) is 5.56 Å². The van der Waals surface area contributed by atoms with E-state index in [9.17, 15) is 18.0 Å². The lowest BCUT2D eigenvalue weighted by molar-refractivity contribution is -0.137. The molecule has 1 amide bonds. The van der Waals surface area contributed by atoms with Gasteiger partial charge < -0.3 is 19.8 Å². The number of amides is 1. The van der Waals surface area contributed by atoms with Gasteiger partial charge in [-0.25, -0.2) is 9.78 Å². The van der Waals surface area contributed by atoms with Crippen LogP contribution in [-0.2, 0) is 6.18 Å². The van der Waals surface area contributed by atoms with E-state index < -0.39 is 17.8 Å². The number of likely N-dealkylation sites (N-methyl/N-ethyl adjacent to an activating group) is 1. The summed E-state index contributed by atoms with van der Waals surface area (Å²) in [7, 11) is 1.69. The number of alkyl halides is 3. The fourth-order valence-corrected chi connectivity index (χ4v) is 2.98. The molecule has 1 aromatic rings. The summed E-state index contributed by atoms with van der Waals surface area (Å²) in [5.74, 6) is 0.483. The first kappa shape index (κ1) is 14.7. The van der Waals surface area contributed by atoms with E-state index in [0.29, 0.717) is 37.7 Å². The predicted octanol–water partition coefficient (Wildman–Crippen LogP) is 1.72. The maximum Gasteiger partial charge on any atom is 0.417 e. The summed E-state index contributed by atoms with van der Waals surface area (Å²) in [6.07, 6.45) is -4.58. The number of piperazine rings is 1. The monoisotopic (exact) mass is 316 g/mol. The van der Waals surface area contributed by atoms with Crippen LogP contribution in [-0.4, -0.2) is 60.4 Å². The van der Waals surface area contributed by atoms with Gasteiger partial charge >= 0.3 is 12.3 Å². The molecular weight excluding hydrogens is 301 g/mol. The molecule has 0 saturated carbocycles. The number of pyridine rings is 1. The smallest absolute Gasteiger partial charge is 0.417 e. The molecule has 9 heteroatoms. The normalized spacial score (nSPS) is 21.5. The highest BCUT2D eigenvalue weighted by atomic mass is 19.4. The van der Waals surface area contributed by atoms with Crippen LogP contribution in [0, 0.1) is 0 Å². The topological polar surface area (TPSA) is 59.9 Å². The Balaban J connectivity index is 1.93. The first-order valence-electron chi connectivity index (χ1n) is 6.80. The minimum atomic E-state index is -4.43. The van der Waals surface area contributed by atoms with E-state index in [-0.39, 0.29) is 6.04 Å². The number of fused-ring (bicyclic) bond motifs is 3. The van der Waals surface area contributed by atoms with Crippen LogP contribution < -0.4 is 9.80 Å². The second kappa shape index (κ2) is 4.92. The van der Waals surface area contributed by atoms with Gasteiger partial charge in [0.25, 0.3) is 0 Å². The van der Waals surface area contributed by atoms with Gasteiger partial charge in [-0.1, -0.05) is 0 Å². The second-order valence-electron chi connectivity index (χ2n) is 5.52. The van der Waals surface area contributed by atoms with Crippen molar-refractivity contribution in [2.75, 3.05) is 43.0 Å². The largest absolute Gasteiger partial charge is 0.465 e. The van der Waals surface area contributed by atoms with Gasteiger partial charge in [0, 0.05) is 39.4 Å². The van der Waals surface area contributed by atoms with E-state index in [0.717, 1.165) is 12.3 Å². The number of nitrogens with zero attached hydrogens (tertiary/aromatic N) is 4. The maximum atomic E-state index is 12.8. The minimum absolute atomic E-state index is 0.105. The van der Waals surface area contributed by atoms with Crippen molar-refractivity contribution in [3.05, 3.63) is 17.8 Å². The Labute approximate surface area is 124 Å². The van der Waals surface area contributed by atoms with Gasteiger partial charge in [0.15, 0.2) is 5.82 Å². The summed E-state index contributed by atoms with van der Waals surface area (Å²) < 4.78 is 38.4. The Hall–Kier alpha value is -2.19. The quantitative estimate of drug-likeness (QED) is 0.790. The summed E-state index contributed by atoms with van der Waals surface area (Å²) in [6.45, 7) is 1.52. The van der Waals surface area contributed by atoms with Crippen molar-refractivity contribution in [3.8, 4) is 0 Å². The van der Waals surface area contributed by atoms with Gasteiger partial charge in [-0.2, -0.15) is 13.2 Å². The molecule has 3 rings (SSSR count). The van der Waals surface area contributed by atoms with Crippen molar-refractivity contribution in [1.82, 2.24) is 9.88 Å². The summed E-state index contributed by atoms with van der Waals surface area (Å²) in [6, 6.07) is 0.994. The molecule has 1 N–H and O–H groups in total. The van der Waals surface area contributed by atoms with E-state index in [1.165, 1.54) is 4.90 Å². The third kappa shape index (κ3) is 2.40. The third-order valence-corrected chi connectivity index (χ3v) is 4.10. The lowest BCUT2D eigenvalue weighted by Gasteiger charge is -2.47. The Morgan fingerprint density at radius 3 is 2.73 bits per heavy atom. The molecule has 1 saturated heterocycles. The van der Waals surface area contributed by atoms with Crippen molar-refractivity contribution < 1.29 is 23.1 Å². The average molecular weight is 316 g/mol. The molecule has 0 bridgehead atoms. The standard InChI is InChI=1S/C13H15F3N4O2/c1-18-6-9-7-19(12(21)22)2-3-20(9)11-10(18)4-8(5-17-11)13(14,15)16/h4-5,9H,2-3,6-7H2,1H3,(H,21,22)/t9-/m1/s1. The Morgan fingerprint density at radius 2 is 2.09 bits per heavy atom. The Morgan fingerprint density at radius 1 is 1.36 bits per heavy atom. The number of rotatable bonds is 0. The average Bonchev–Trinajstić information content (AvgIpc) is 2.45. The first-order valence-corrected chi connectivity index (χ1v) is 6.80.